The standard InChI is InChI=1S/C6H13N3S/c1-5(2)8-6(10)9(3)4-7/h4-5,7H,1-3H3,(H,8,10). The minimum atomic E-state index is 0.329. The van der Waals surface area contributed by atoms with E-state index >= 15 is 0 Å². The molecule has 4 heteroatoms. The highest BCUT2D eigenvalue weighted by molar-refractivity contribution is 7.80. The molecule has 0 aliphatic rings. The predicted molar refractivity (Wildman–Crippen MR) is 47.4 cm³/mol. The van der Waals surface area contributed by atoms with Crippen LogP contribution in [0.2, 0.25) is 0 Å². The summed E-state index contributed by atoms with van der Waals surface area (Å²) < 4.78 is 0. The lowest BCUT2D eigenvalue weighted by molar-refractivity contribution is 0.662. The number of nitrogens with zero attached hydrogens (tertiary/aromatic N) is 1. The number of rotatable bonds is 2. The Morgan fingerprint density at radius 3 is 2.50 bits per heavy atom. The lowest BCUT2D eigenvalue weighted by atomic mass is 10.4. The van der Waals surface area contributed by atoms with E-state index in [1.807, 2.05) is 13.8 Å². The van der Waals surface area contributed by atoms with Gasteiger partial charge in [0.1, 0.15) is 0 Å². The van der Waals surface area contributed by atoms with Crippen LogP contribution in [-0.4, -0.2) is 29.4 Å². The van der Waals surface area contributed by atoms with Crippen LogP contribution in [0.25, 0.3) is 0 Å². The molecule has 0 bridgehead atoms. The summed E-state index contributed by atoms with van der Waals surface area (Å²) in [5.41, 5.74) is 0. The van der Waals surface area contributed by atoms with Crippen molar-refractivity contribution in [1.82, 2.24) is 10.2 Å². The van der Waals surface area contributed by atoms with E-state index in [9.17, 15) is 0 Å². The molecule has 0 radical (unpaired) electrons. The van der Waals surface area contributed by atoms with Crippen LogP contribution in [0, 0.1) is 5.41 Å². The number of hydrogen-bond donors (Lipinski definition) is 2. The van der Waals surface area contributed by atoms with Crippen LogP contribution in [0.15, 0.2) is 0 Å². The number of hydrogen-bond acceptors (Lipinski definition) is 2. The fourth-order valence-corrected chi connectivity index (χ4v) is 0.696. The van der Waals surface area contributed by atoms with Gasteiger partial charge in [-0.15, -0.1) is 0 Å². The van der Waals surface area contributed by atoms with E-state index in [2.05, 4.69) is 5.32 Å². The van der Waals surface area contributed by atoms with E-state index in [1.165, 1.54) is 6.34 Å². The normalized spacial score (nSPS) is 9.20. The van der Waals surface area contributed by atoms with Crippen molar-refractivity contribution in [2.75, 3.05) is 7.05 Å². The highest BCUT2D eigenvalue weighted by atomic mass is 32.1. The Bertz CT molecular complexity index is 133. The second-order valence-corrected chi connectivity index (χ2v) is 2.73. The van der Waals surface area contributed by atoms with Crippen LogP contribution in [0.3, 0.4) is 0 Å². The third kappa shape index (κ3) is 3.40. The summed E-state index contributed by atoms with van der Waals surface area (Å²) >= 11 is 4.92. The molecule has 0 atom stereocenters. The molecule has 0 aliphatic heterocycles. The molecule has 0 rings (SSSR count). The monoisotopic (exact) mass is 159 g/mol. The molecule has 2 N–H and O–H groups in total. The Balaban J connectivity index is 3.73. The smallest absolute Gasteiger partial charge is 0.174 e. The SMILES string of the molecule is CC(C)NC(=S)N(C)C=N. The molecule has 0 unspecified atom stereocenters. The molecule has 0 heterocycles. The van der Waals surface area contributed by atoms with Crippen molar-refractivity contribution in [2.45, 2.75) is 19.9 Å². The van der Waals surface area contributed by atoms with Gasteiger partial charge in [0.15, 0.2) is 5.11 Å². The molecule has 0 spiro atoms. The van der Waals surface area contributed by atoms with Gasteiger partial charge in [-0.1, -0.05) is 0 Å². The minimum Gasteiger partial charge on any atom is -0.360 e. The molecule has 0 aliphatic carbocycles. The maximum Gasteiger partial charge on any atom is 0.174 e. The van der Waals surface area contributed by atoms with Crippen molar-refractivity contribution in [3.8, 4) is 0 Å². The van der Waals surface area contributed by atoms with Gasteiger partial charge in [0.25, 0.3) is 0 Å². The Morgan fingerprint density at radius 2 is 2.20 bits per heavy atom. The van der Waals surface area contributed by atoms with Gasteiger partial charge in [-0.05, 0) is 26.1 Å². The van der Waals surface area contributed by atoms with E-state index in [-0.39, 0.29) is 0 Å². The fraction of sp³-hybridized carbons (Fsp3) is 0.667. The first kappa shape index (κ1) is 9.36. The molecule has 58 valence electrons. The molecule has 0 aromatic heterocycles. The highest BCUT2D eigenvalue weighted by Gasteiger charge is 2.00. The van der Waals surface area contributed by atoms with Crippen LogP contribution in [0.1, 0.15) is 13.8 Å². The van der Waals surface area contributed by atoms with Gasteiger partial charge in [-0.2, -0.15) is 0 Å². The zero-order valence-corrected chi connectivity index (χ0v) is 7.33. The number of nitrogens with one attached hydrogen (secondary N) is 2. The van der Waals surface area contributed by atoms with Crippen molar-refractivity contribution in [3.63, 3.8) is 0 Å². The molecular weight excluding hydrogens is 146 g/mol. The van der Waals surface area contributed by atoms with Gasteiger partial charge in [-0.3, -0.25) is 5.41 Å². The molecule has 0 saturated heterocycles. The van der Waals surface area contributed by atoms with Crippen molar-refractivity contribution >= 4 is 23.7 Å². The van der Waals surface area contributed by atoms with Gasteiger partial charge >= 0.3 is 0 Å². The lowest BCUT2D eigenvalue weighted by Gasteiger charge is -2.17. The third-order valence-electron chi connectivity index (χ3n) is 0.926. The van der Waals surface area contributed by atoms with E-state index in [0.717, 1.165) is 0 Å². The van der Waals surface area contributed by atoms with Gasteiger partial charge in [-0.25, -0.2) is 0 Å². The first-order chi connectivity index (χ1) is 4.57. The van der Waals surface area contributed by atoms with Gasteiger partial charge in [0.05, 0.1) is 6.34 Å². The molecule has 0 aromatic carbocycles. The summed E-state index contributed by atoms with van der Waals surface area (Å²) in [4.78, 5) is 1.55. The highest BCUT2D eigenvalue weighted by Crippen LogP contribution is 1.83. The summed E-state index contributed by atoms with van der Waals surface area (Å²) in [5, 5.41) is 10.4. The minimum absolute atomic E-state index is 0.329. The Labute approximate surface area is 66.9 Å². The van der Waals surface area contributed by atoms with Crippen molar-refractivity contribution in [1.29, 1.82) is 5.41 Å². The van der Waals surface area contributed by atoms with Gasteiger partial charge < -0.3 is 10.2 Å². The summed E-state index contributed by atoms with van der Waals surface area (Å²) in [6.45, 7) is 4.01. The van der Waals surface area contributed by atoms with E-state index < -0.39 is 0 Å². The number of thiocarbonyl (C=S) groups is 1. The van der Waals surface area contributed by atoms with Crippen LogP contribution in [-0.2, 0) is 0 Å². The molecule has 3 nitrogen and oxygen atoms in total. The van der Waals surface area contributed by atoms with Gasteiger partial charge in [0.2, 0.25) is 0 Å². The molecular formula is C6H13N3S. The van der Waals surface area contributed by atoms with E-state index in [1.54, 1.807) is 11.9 Å². The largest absolute Gasteiger partial charge is 0.360 e. The Morgan fingerprint density at radius 1 is 1.70 bits per heavy atom. The summed E-state index contributed by atoms with van der Waals surface area (Å²) in [6.07, 6.45) is 1.18. The summed E-state index contributed by atoms with van der Waals surface area (Å²) in [6, 6.07) is 0.329. The Kier molecular flexibility index (Phi) is 3.95. The maximum atomic E-state index is 6.86. The molecule has 0 saturated carbocycles. The fourth-order valence-electron chi connectivity index (χ4n) is 0.407. The van der Waals surface area contributed by atoms with E-state index in [4.69, 9.17) is 17.6 Å². The van der Waals surface area contributed by atoms with Crippen LogP contribution in [0.4, 0.5) is 0 Å². The lowest BCUT2D eigenvalue weighted by Crippen LogP contribution is -2.39. The molecule has 0 amide bonds. The van der Waals surface area contributed by atoms with Crippen molar-refractivity contribution in [3.05, 3.63) is 0 Å². The van der Waals surface area contributed by atoms with E-state index in [0.29, 0.717) is 11.2 Å². The zero-order valence-electron chi connectivity index (χ0n) is 6.51. The molecule has 0 aromatic rings. The van der Waals surface area contributed by atoms with Crippen LogP contribution < -0.4 is 5.32 Å². The quantitative estimate of drug-likeness (QED) is 0.356. The van der Waals surface area contributed by atoms with Crippen LogP contribution in [0.5, 0.6) is 0 Å². The third-order valence-corrected chi connectivity index (χ3v) is 1.33. The topological polar surface area (TPSA) is 39.1 Å². The maximum absolute atomic E-state index is 6.86. The molecule has 0 fully saturated rings. The van der Waals surface area contributed by atoms with Crippen molar-refractivity contribution < 1.29 is 0 Å². The average Bonchev–Trinajstić information content (AvgIpc) is 1.85. The first-order valence-corrected chi connectivity index (χ1v) is 3.52. The zero-order chi connectivity index (χ0) is 8.15. The average molecular weight is 159 g/mol. The van der Waals surface area contributed by atoms with Crippen molar-refractivity contribution in [2.24, 2.45) is 0 Å². The second-order valence-electron chi connectivity index (χ2n) is 2.34. The van der Waals surface area contributed by atoms with Gasteiger partial charge in [0, 0.05) is 13.1 Å². The predicted octanol–water partition coefficient (Wildman–Crippen LogP) is 0.808. The molecule has 10 heavy (non-hydrogen) atoms. The second kappa shape index (κ2) is 4.22. The Hall–Kier alpha value is -0.640. The summed E-state index contributed by atoms with van der Waals surface area (Å²) in [5.74, 6) is 0. The first-order valence-electron chi connectivity index (χ1n) is 3.12. The van der Waals surface area contributed by atoms with Crippen LogP contribution >= 0.6 is 12.2 Å². The summed E-state index contributed by atoms with van der Waals surface area (Å²) in [7, 11) is 1.74.